The summed E-state index contributed by atoms with van der Waals surface area (Å²) >= 11 is 0. The molecule has 1 aliphatic heterocycles. The van der Waals surface area contributed by atoms with Crippen molar-refractivity contribution < 1.29 is 19.5 Å². The van der Waals surface area contributed by atoms with Gasteiger partial charge >= 0.3 is 5.82 Å². The lowest BCUT2D eigenvalue weighted by molar-refractivity contribution is -0.894. The van der Waals surface area contributed by atoms with Crippen molar-refractivity contribution in [3.63, 3.8) is 0 Å². The predicted molar refractivity (Wildman–Crippen MR) is 97.4 cm³/mol. The Morgan fingerprint density at radius 1 is 1.00 bits per heavy atom. The maximum absolute atomic E-state index is 12.4. The summed E-state index contributed by atoms with van der Waals surface area (Å²) in [4.78, 5) is 28.4. The molecule has 1 aromatic carbocycles. The Balaban J connectivity index is 1.48. The third-order valence-corrected chi connectivity index (χ3v) is 4.71. The summed E-state index contributed by atoms with van der Waals surface area (Å²) in [6.07, 6.45) is 2.05. The molecule has 1 aromatic heterocycles. The normalized spacial score (nSPS) is 14.3. The zero-order chi connectivity index (χ0) is 18.5. The van der Waals surface area contributed by atoms with E-state index in [0.717, 1.165) is 10.3 Å². The van der Waals surface area contributed by atoms with E-state index in [1.807, 2.05) is 48.2 Å². The van der Waals surface area contributed by atoms with E-state index in [0.29, 0.717) is 37.6 Å². The summed E-state index contributed by atoms with van der Waals surface area (Å²) in [6, 6.07) is 12.9. The van der Waals surface area contributed by atoms with Crippen LogP contribution < -0.4 is 9.63 Å². The fourth-order valence-electron chi connectivity index (χ4n) is 3.12. The Morgan fingerprint density at radius 2 is 1.69 bits per heavy atom. The number of hydrogen-bond donors (Lipinski definition) is 1. The second-order valence-electron chi connectivity index (χ2n) is 6.56. The highest BCUT2D eigenvalue weighted by atomic mass is 16.5. The van der Waals surface area contributed by atoms with E-state index < -0.39 is 0 Å². The summed E-state index contributed by atoms with van der Waals surface area (Å²) < 4.78 is 1.09. The second kappa shape index (κ2) is 7.99. The van der Waals surface area contributed by atoms with E-state index in [-0.39, 0.29) is 24.5 Å². The van der Waals surface area contributed by atoms with Crippen molar-refractivity contribution in [2.45, 2.75) is 19.8 Å². The molecule has 0 aliphatic carbocycles. The van der Waals surface area contributed by atoms with Crippen molar-refractivity contribution in [2.75, 3.05) is 31.1 Å². The van der Waals surface area contributed by atoms with Crippen molar-refractivity contribution in [1.82, 2.24) is 4.90 Å². The highest BCUT2D eigenvalue weighted by molar-refractivity contribution is 5.98. The molecule has 1 fully saturated rings. The molecule has 1 saturated heterocycles. The van der Waals surface area contributed by atoms with E-state index in [4.69, 9.17) is 0 Å². The lowest BCUT2D eigenvalue weighted by Gasteiger charge is -2.31. The fourth-order valence-corrected chi connectivity index (χ4v) is 3.12. The second-order valence-corrected chi connectivity index (χ2v) is 6.56. The molecule has 0 saturated carbocycles. The zero-order valence-corrected chi connectivity index (χ0v) is 15.0. The minimum Gasteiger partial charge on any atom is -0.350 e. The van der Waals surface area contributed by atoms with Gasteiger partial charge in [-0.1, -0.05) is 40.6 Å². The van der Waals surface area contributed by atoms with Gasteiger partial charge in [-0.3, -0.25) is 14.5 Å². The molecular weight excluding hydrogens is 330 g/mol. The minimum atomic E-state index is 0.00240. The molecule has 0 radical (unpaired) electrons. The van der Waals surface area contributed by atoms with Crippen molar-refractivity contribution in [3.8, 4) is 0 Å². The number of rotatable bonds is 5. The van der Waals surface area contributed by atoms with Gasteiger partial charge in [0.05, 0.1) is 13.1 Å². The number of pyridine rings is 1. The summed E-state index contributed by atoms with van der Waals surface area (Å²) in [5, 5.41) is 9.87. The monoisotopic (exact) mass is 354 g/mol. The molecule has 26 heavy (non-hydrogen) atoms. The maximum atomic E-state index is 12.4. The molecule has 0 spiro atoms. The average molecular weight is 354 g/mol. The van der Waals surface area contributed by atoms with Crippen LogP contribution in [0, 0.1) is 6.92 Å². The van der Waals surface area contributed by atoms with Crippen LogP contribution in [-0.4, -0.2) is 48.0 Å². The molecule has 3 rings (SSSR count). The Kier molecular flexibility index (Phi) is 5.51. The number of ketones is 1. The van der Waals surface area contributed by atoms with Gasteiger partial charge in [0.1, 0.15) is 19.3 Å². The summed E-state index contributed by atoms with van der Waals surface area (Å²) in [5.41, 5.74) is 1.77. The molecule has 136 valence electrons. The van der Waals surface area contributed by atoms with Crippen LogP contribution in [0.25, 0.3) is 0 Å². The molecule has 0 atom stereocenters. The number of benzene rings is 1. The first kappa shape index (κ1) is 17.9. The molecule has 2 aromatic rings. The average Bonchev–Trinajstić information content (AvgIpc) is 2.67. The van der Waals surface area contributed by atoms with E-state index in [1.165, 1.54) is 0 Å². The van der Waals surface area contributed by atoms with E-state index in [1.54, 1.807) is 17.2 Å². The third kappa shape index (κ3) is 4.20. The van der Waals surface area contributed by atoms with Crippen molar-refractivity contribution in [3.05, 3.63) is 59.8 Å². The van der Waals surface area contributed by atoms with Gasteiger partial charge in [-0.2, -0.15) is 0 Å². The van der Waals surface area contributed by atoms with Gasteiger partial charge in [0.2, 0.25) is 5.91 Å². The molecule has 2 heterocycles. The lowest BCUT2D eigenvalue weighted by atomic mass is 10.0. The Morgan fingerprint density at radius 3 is 2.35 bits per heavy atom. The number of aryl methyl sites for hydroxylation is 1. The highest BCUT2D eigenvalue weighted by Gasteiger charge is 2.27. The Bertz CT molecular complexity index is 781. The number of hydrogen-bond acceptors (Lipinski definition) is 4. The number of aromatic nitrogens is 1. The number of Topliss-reactive ketones (excluding diaryl/α,β-unsaturated/α-hetero) is 1. The van der Waals surface area contributed by atoms with Gasteiger partial charge in [-0.15, -0.1) is 0 Å². The first-order valence-corrected chi connectivity index (χ1v) is 8.87. The van der Waals surface area contributed by atoms with Crippen molar-refractivity contribution >= 4 is 17.5 Å². The maximum Gasteiger partial charge on any atom is 0.316 e. The fraction of sp³-hybridized carbons (Fsp3) is 0.350. The molecule has 0 bridgehead atoms. The minimum absolute atomic E-state index is 0.00240. The van der Waals surface area contributed by atoms with Gasteiger partial charge in [0.25, 0.3) is 0 Å². The van der Waals surface area contributed by atoms with Gasteiger partial charge < -0.3 is 10.1 Å². The van der Waals surface area contributed by atoms with Crippen molar-refractivity contribution in [1.29, 1.82) is 0 Å². The molecule has 1 aliphatic rings. The van der Waals surface area contributed by atoms with Crippen LogP contribution in [0.5, 0.6) is 0 Å². The van der Waals surface area contributed by atoms with Gasteiger partial charge in [-0.05, 0) is 13.0 Å². The summed E-state index contributed by atoms with van der Waals surface area (Å²) in [7, 11) is 0. The quantitative estimate of drug-likeness (QED) is 0.505. The standard InChI is InChI=1S/C20H24N3O3/c1-16-5-7-17(8-6-16)18(24)9-10-20(25)22-14-12-21(13-15-22)19-4-2-3-11-23(19)26/h2-8,11,26H,9-10,12-15H2,1H3/q+1. The van der Waals surface area contributed by atoms with Gasteiger partial charge in [0.15, 0.2) is 5.78 Å². The van der Waals surface area contributed by atoms with Crippen LogP contribution in [0.3, 0.4) is 0 Å². The summed E-state index contributed by atoms with van der Waals surface area (Å²) in [5.74, 6) is 0.729. The van der Waals surface area contributed by atoms with Gasteiger partial charge in [0, 0.05) is 24.5 Å². The third-order valence-electron chi connectivity index (χ3n) is 4.71. The molecule has 0 unspecified atom stereocenters. The van der Waals surface area contributed by atoms with Crippen LogP contribution in [0.1, 0.15) is 28.8 Å². The smallest absolute Gasteiger partial charge is 0.316 e. The van der Waals surface area contributed by atoms with Crippen molar-refractivity contribution in [2.24, 2.45) is 0 Å². The number of piperazine rings is 1. The predicted octanol–water partition coefficient (Wildman–Crippen LogP) is 1.83. The molecular formula is C20H24N3O3+. The first-order chi connectivity index (χ1) is 12.5. The first-order valence-electron chi connectivity index (χ1n) is 8.87. The molecule has 1 N–H and O–H groups in total. The topological polar surface area (TPSA) is 64.7 Å². The van der Waals surface area contributed by atoms with E-state index >= 15 is 0 Å². The molecule has 6 nitrogen and oxygen atoms in total. The van der Waals surface area contributed by atoms with Crippen LogP contribution in [0.4, 0.5) is 5.82 Å². The zero-order valence-electron chi connectivity index (χ0n) is 15.0. The largest absolute Gasteiger partial charge is 0.350 e. The highest BCUT2D eigenvalue weighted by Crippen LogP contribution is 2.13. The molecule has 1 amide bonds. The van der Waals surface area contributed by atoms with Crippen LogP contribution in [0.2, 0.25) is 0 Å². The van der Waals surface area contributed by atoms with Crippen LogP contribution in [0.15, 0.2) is 48.7 Å². The SMILES string of the molecule is Cc1ccc(C(=O)CCC(=O)N2CCN(c3cccc[n+]3O)CC2)cc1. The number of amides is 1. The lowest BCUT2D eigenvalue weighted by Crippen LogP contribution is -2.52. The number of nitrogens with zero attached hydrogens (tertiary/aromatic N) is 3. The molecule has 6 heteroatoms. The number of carbonyl (C=O) groups is 2. The van der Waals surface area contributed by atoms with Crippen LogP contribution in [-0.2, 0) is 4.79 Å². The summed E-state index contributed by atoms with van der Waals surface area (Å²) in [6.45, 7) is 4.47. The Hall–Kier alpha value is -2.89. The number of anilines is 1. The number of carbonyl (C=O) groups excluding carboxylic acids is 2. The van der Waals surface area contributed by atoms with E-state index in [9.17, 15) is 14.8 Å². The Labute approximate surface area is 153 Å². The van der Waals surface area contributed by atoms with Gasteiger partial charge in [-0.25, -0.2) is 0 Å². The van der Waals surface area contributed by atoms with Crippen LogP contribution >= 0.6 is 0 Å². The van der Waals surface area contributed by atoms with E-state index in [2.05, 4.69) is 0 Å².